The van der Waals surface area contributed by atoms with Crippen molar-refractivity contribution in [2.24, 2.45) is 0 Å². The zero-order valence-corrected chi connectivity index (χ0v) is 10.9. The predicted molar refractivity (Wildman–Crippen MR) is 70.6 cm³/mol. The lowest BCUT2D eigenvalue weighted by atomic mass is 9.95. The van der Waals surface area contributed by atoms with Gasteiger partial charge >= 0.3 is 0 Å². The molecule has 0 atom stereocenters. The molecule has 92 valence electrons. The molecule has 1 aromatic carbocycles. The van der Waals surface area contributed by atoms with Crippen LogP contribution in [0.4, 0.5) is 0 Å². The molecule has 1 aromatic heterocycles. The minimum atomic E-state index is 0.210. The van der Waals surface area contributed by atoms with E-state index in [-0.39, 0.29) is 5.78 Å². The summed E-state index contributed by atoms with van der Waals surface area (Å²) < 4.78 is 1.85. The molecule has 0 N–H and O–H groups in total. The molecule has 0 bridgehead atoms. The number of benzene rings is 1. The second kappa shape index (κ2) is 4.25. The molecule has 0 unspecified atom stereocenters. The Hall–Kier alpha value is -1.61. The minimum Gasteiger partial charge on any atom is -0.294 e. The highest BCUT2D eigenvalue weighted by molar-refractivity contribution is 6.30. The van der Waals surface area contributed by atoms with Crippen molar-refractivity contribution in [3.63, 3.8) is 0 Å². The van der Waals surface area contributed by atoms with Crippen LogP contribution in [0.2, 0.25) is 5.02 Å². The highest BCUT2D eigenvalue weighted by Crippen LogP contribution is 2.27. The Morgan fingerprint density at radius 1 is 1.33 bits per heavy atom. The molecule has 2 aromatic rings. The molecular formula is C14H13ClN2O. The third-order valence-corrected chi connectivity index (χ3v) is 3.54. The van der Waals surface area contributed by atoms with Gasteiger partial charge in [0.2, 0.25) is 0 Å². The van der Waals surface area contributed by atoms with Crippen molar-refractivity contribution in [1.82, 2.24) is 9.78 Å². The Labute approximate surface area is 110 Å². The number of hydrogen-bond donors (Lipinski definition) is 0. The molecule has 0 fully saturated rings. The number of rotatable bonds is 1. The van der Waals surface area contributed by atoms with E-state index >= 15 is 0 Å². The molecule has 0 spiro atoms. The van der Waals surface area contributed by atoms with Crippen molar-refractivity contribution in [1.29, 1.82) is 0 Å². The largest absolute Gasteiger partial charge is 0.294 e. The monoisotopic (exact) mass is 260 g/mol. The summed E-state index contributed by atoms with van der Waals surface area (Å²) in [5.74, 6) is 0.210. The van der Waals surface area contributed by atoms with E-state index in [0.29, 0.717) is 11.4 Å². The van der Waals surface area contributed by atoms with Crippen molar-refractivity contribution < 1.29 is 4.79 Å². The first-order valence-electron chi connectivity index (χ1n) is 6.04. The fourth-order valence-corrected chi connectivity index (χ4v) is 2.72. The highest BCUT2D eigenvalue weighted by atomic mass is 35.5. The van der Waals surface area contributed by atoms with Gasteiger partial charge in [-0.25, -0.2) is 4.68 Å². The number of aryl methyl sites for hydroxylation is 1. The fraction of sp³-hybridized carbons (Fsp3) is 0.286. The van der Waals surface area contributed by atoms with Crippen molar-refractivity contribution in [2.75, 3.05) is 0 Å². The van der Waals surface area contributed by atoms with E-state index in [4.69, 9.17) is 11.6 Å². The second-order valence-electron chi connectivity index (χ2n) is 4.58. The number of aromatic nitrogens is 2. The maximum atomic E-state index is 11.9. The van der Waals surface area contributed by atoms with Gasteiger partial charge in [0.1, 0.15) is 0 Å². The molecule has 3 rings (SSSR count). The molecule has 1 aliphatic carbocycles. The molecule has 0 radical (unpaired) electrons. The van der Waals surface area contributed by atoms with E-state index in [9.17, 15) is 4.79 Å². The van der Waals surface area contributed by atoms with Crippen LogP contribution < -0.4 is 0 Å². The van der Waals surface area contributed by atoms with Gasteiger partial charge in [0.05, 0.1) is 22.6 Å². The molecular weight excluding hydrogens is 248 g/mol. The van der Waals surface area contributed by atoms with E-state index in [0.717, 1.165) is 35.5 Å². The summed E-state index contributed by atoms with van der Waals surface area (Å²) in [6.45, 7) is 1.89. The zero-order valence-electron chi connectivity index (χ0n) is 10.1. The average molecular weight is 261 g/mol. The van der Waals surface area contributed by atoms with E-state index in [1.54, 1.807) is 0 Å². The molecule has 4 heteroatoms. The van der Waals surface area contributed by atoms with E-state index in [1.807, 2.05) is 35.9 Å². The van der Waals surface area contributed by atoms with Crippen LogP contribution in [0.25, 0.3) is 5.69 Å². The summed E-state index contributed by atoms with van der Waals surface area (Å²) in [5, 5.41) is 5.17. The Morgan fingerprint density at radius 3 is 2.94 bits per heavy atom. The van der Waals surface area contributed by atoms with E-state index < -0.39 is 0 Å². The molecule has 1 aliphatic rings. The number of fused-ring (bicyclic) bond motifs is 1. The smallest absolute Gasteiger partial charge is 0.166 e. The van der Waals surface area contributed by atoms with Crippen molar-refractivity contribution >= 4 is 17.4 Å². The van der Waals surface area contributed by atoms with Crippen LogP contribution in [0.3, 0.4) is 0 Å². The van der Waals surface area contributed by atoms with Crippen LogP contribution in [0.5, 0.6) is 0 Å². The SMILES string of the molecule is Cc1nn(-c2cccc(Cl)c2)c2c1C(=O)CCC2. The topological polar surface area (TPSA) is 34.9 Å². The quantitative estimate of drug-likeness (QED) is 0.788. The normalized spacial score (nSPS) is 14.7. The summed E-state index contributed by atoms with van der Waals surface area (Å²) in [7, 11) is 0. The van der Waals surface area contributed by atoms with Gasteiger partial charge in [0, 0.05) is 11.4 Å². The maximum absolute atomic E-state index is 11.9. The third kappa shape index (κ3) is 1.75. The molecule has 1 heterocycles. The molecule has 3 nitrogen and oxygen atoms in total. The maximum Gasteiger partial charge on any atom is 0.166 e. The fourth-order valence-electron chi connectivity index (χ4n) is 2.53. The van der Waals surface area contributed by atoms with Gasteiger partial charge in [-0.1, -0.05) is 17.7 Å². The molecule has 0 saturated carbocycles. The summed E-state index contributed by atoms with van der Waals surface area (Å²) in [6.07, 6.45) is 2.43. The first-order valence-corrected chi connectivity index (χ1v) is 6.42. The Balaban J connectivity index is 2.19. The molecule has 0 aliphatic heterocycles. The number of carbonyl (C=O) groups excluding carboxylic acids is 1. The van der Waals surface area contributed by atoms with Crippen molar-refractivity contribution in [3.8, 4) is 5.69 Å². The van der Waals surface area contributed by atoms with E-state index in [1.165, 1.54) is 0 Å². The van der Waals surface area contributed by atoms with Gasteiger partial charge < -0.3 is 0 Å². The number of hydrogen-bond acceptors (Lipinski definition) is 2. The summed E-state index contributed by atoms with van der Waals surface area (Å²) >= 11 is 6.01. The van der Waals surface area contributed by atoms with Gasteiger partial charge in [-0.15, -0.1) is 0 Å². The van der Waals surface area contributed by atoms with E-state index in [2.05, 4.69) is 5.10 Å². The lowest BCUT2D eigenvalue weighted by molar-refractivity contribution is 0.0971. The zero-order chi connectivity index (χ0) is 12.7. The summed E-state index contributed by atoms with van der Waals surface area (Å²) in [6, 6.07) is 7.55. The van der Waals surface area contributed by atoms with Crippen LogP contribution in [0, 0.1) is 6.92 Å². The van der Waals surface area contributed by atoms with Crippen LogP contribution in [-0.2, 0) is 6.42 Å². The number of Topliss-reactive ketones (excluding diaryl/α,β-unsaturated/α-hetero) is 1. The second-order valence-corrected chi connectivity index (χ2v) is 5.01. The molecule has 18 heavy (non-hydrogen) atoms. The Bertz CT molecular complexity index is 631. The minimum absolute atomic E-state index is 0.210. The third-order valence-electron chi connectivity index (χ3n) is 3.31. The average Bonchev–Trinajstić information content (AvgIpc) is 2.68. The lowest BCUT2D eigenvalue weighted by Crippen LogP contribution is -2.13. The number of ketones is 1. The first-order chi connectivity index (χ1) is 8.66. The molecule has 0 amide bonds. The van der Waals surface area contributed by atoms with Gasteiger partial charge in [-0.3, -0.25) is 4.79 Å². The van der Waals surface area contributed by atoms with Crippen molar-refractivity contribution in [2.45, 2.75) is 26.2 Å². The van der Waals surface area contributed by atoms with Gasteiger partial charge in [0.15, 0.2) is 5.78 Å². The number of halogens is 1. The van der Waals surface area contributed by atoms with Gasteiger partial charge in [-0.05, 0) is 38.0 Å². The van der Waals surface area contributed by atoms with Crippen LogP contribution in [0.15, 0.2) is 24.3 Å². The Morgan fingerprint density at radius 2 is 2.17 bits per heavy atom. The number of carbonyl (C=O) groups is 1. The van der Waals surface area contributed by atoms with Crippen molar-refractivity contribution in [3.05, 3.63) is 46.2 Å². The number of nitrogens with zero attached hydrogens (tertiary/aromatic N) is 2. The Kier molecular flexibility index (Phi) is 2.71. The molecule has 0 saturated heterocycles. The predicted octanol–water partition coefficient (Wildman–Crippen LogP) is 3.35. The standard InChI is InChI=1S/C14H13ClN2O/c1-9-14-12(6-3-7-13(14)18)17(16-9)11-5-2-4-10(15)8-11/h2,4-5,8H,3,6-7H2,1H3. The van der Waals surface area contributed by atoms with Gasteiger partial charge in [0.25, 0.3) is 0 Å². The first kappa shape index (κ1) is 11.5. The summed E-state index contributed by atoms with van der Waals surface area (Å²) in [4.78, 5) is 11.9. The van der Waals surface area contributed by atoms with Crippen LogP contribution in [0.1, 0.15) is 34.6 Å². The van der Waals surface area contributed by atoms with Crippen LogP contribution >= 0.6 is 11.6 Å². The highest BCUT2D eigenvalue weighted by Gasteiger charge is 2.25. The lowest BCUT2D eigenvalue weighted by Gasteiger charge is -2.13. The summed E-state index contributed by atoms with van der Waals surface area (Å²) in [5.41, 5.74) is 3.56. The van der Waals surface area contributed by atoms with Crippen LogP contribution in [-0.4, -0.2) is 15.6 Å². The van der Waals surface area contributed by atoms with Gasteiger partial charge in [-0.2, -0.15) is 5.10 Å².